The average molecular weight is 535 g/mol. The molecule has 3 heterocycles. The molecule has 1 saturated heterocycles. The monoisotopic (exact) mass is 534 g/mol. The predicted octanol–water partition coefficient (Wildman–Crippen LogP) is 4.11. The molecule has 4 atom stereocenters. The minimum atomic E-state index is -3.41. The molecule has 8 nitrogen and oxygen atoms in total. The van der Waals surface area contributed by atoms with E-state index in [-0.39, 0.29) is 23.3 Å². The number of nitrogens with one attached hydrogen (secondary N) is 1. The van der Waals surface area contributed by atoms with Crippen LogP contribution in [0.5, 0.6) is 0 Å². The van der Waals surface area contributed by atoms with Gasteiger partial charge in [0.25, 0.3) is 0 Å². The van der Waals surface area contributed by atoms with Crippen LogP contribution in [0.1, 0.15) is 44.0 Å². The highest BCUT2D eigenvalue weighted by Gasteiger charge is 2.59. The third-order valence-corrected chi connectivity index (χ3v) is 9.16. The van der Waals surface area contributed by atoms with Crippen molar-refractivity contribution in [1.29, 1.82) is 0 Å². The van der Waals surface area contributed by atoms with Crippen LogP contribution in [0.15, 0.2) is 81.5 Å². The van der Waals surface area contributed by atoms with Gasteiger partial charge in [-0.25, -0.2) is 17.6 Å². The molecular weight excluding hydrogens is 507 g/mol. The van der Waals surface area contributed by atoms with Gasteiger partial charge in [-0.3, -0.25) is 19.6 Å². The summed E-state index contributed by atoms with van der Waals surface area (Å²) in [6.07, 6.45) is 3.24. The Kier molecular flexibility index (Phi) is 5.23. The second-order valence-electron chi connectivity index (χ2n) is 10.6. The summed E-state index contributed by atoms with van der Waals surface area (Å²) < 4.78 is 38.6. The third kappa shape index (κ3) is 3.46. The summed E-state index contributed by atoms with van der Waals surface area (Å²) >= 11 is 0. The number of amides is 3. The summed E-state index contributed by atoms with van der Waals surface area (Å²) in [6, 6.07) is 10.8. The van der Waals surface area contributed by atoms with E-state index in [2.05, 4.69) is 11.4 Å². The summed E-state index contributed by atoms with van der Waals surface area (Å²) in [5.41, 5.74) is 2.87. The zero-order chi connectivity index (χ0) is 27.1. The van der Waals surface area contributed by atoms with Crippen LogP contribution in [0.4, 0.5) is 9.18 Å². The standard InChI is InChI=1S/C28H27FN4O4S/c1-15-13-28(3)25-22(16(15)2)30-21(34)14-32(25)27(35)33-24(18-6-5-7-19(29)12-18)23(31-26(28)33)17-8-10-20(11-9-17)38(4,36)37/h5-13,16,23-24H,14H2,1-4H3,(H,30,34). The van der Waals surface area contributed by atoms with Crippen LogP contribution < -0.4 is 5.32 Å². The molecule has 196 valence electrons. The van der Waals surface area contributed by atoms with Gasteiger partial charge in [0.05, 0.1) is 22.0 Å². The van der Waals surface area contributed by atoms with E-state index < -0.39 is 39.2 Å². The van der Waals surface area contributed by atoms with Crippen LogP contribution in [0.3, 0.4) is 0 Å². The van der Waals surface area contributed by atoms with Crippen LogP contribution in [0, 0.1) is 17.2 Å². The topological polar surface area (TPSA) is 99.2 Å². The molecule has 3 aliphatic heterocycles. The average Bonchev–Trinajstić information content (AvgIpc) is 3.27. The Morgan fingerprint density at radius 1 is 1.11 bits per heavy atom. The van der Waals surface area contributed by atoms with Crippen LogP contribution in [-0.2, 0) is 14.6 Å². The first-order valence-corrected chi connectivity index (χ1v) is 14.3. The number of hydrogen-bond donors (Lipinski definition) is 1. The summed E-state index contributed by atoms with van der Waals surface area (Å²) in [5, 5.41) is 2.99. The minimum absolute atomic E-state index is 0.0791. The highest BCUT2D eigenvalue weighted by Crippen LogP contribution is 2.55. The van der Waals surface area contributed by atoms with Crippen molar-refractivity contribution in [3.05, 3.63) is 88.5 Å². The number of allylic oxidation sites excluding steroid dienone is 1. The first kappa shape index (κ1) is 24.5. The molecule has 0 saturated carbocycles. The van der Waals surface area contributed by atoms with Crippen molar-refractivity contribution >= 4 is 27.6 Å². The molecule has 0 aromatic heterocycles. The number of hydrogen-bond acceptors (Lipinski definition) is 5. The number of sulfone groups is 1. The number of benzene rings is 2. The second kappa shape index (κ2) is 8.10. The lowest BCUT2D eigenvalue weighted by atomic mass is 9.71. The predicted molar refractivity (Wildman–Crippen MR) is 139 cm³/mol. The van der Waals surface area contributed by atoms with Crippen molar-refractivity contribution in [3.8, 4) is 0 Å². The maximum Gasteiger partial charge on any atom is 0.330 e. The summed E-state index contributed by atoms with van der Waals surface area (Å²) in [5.74, 6) is -0.277. The van der Waals surface area contributed by atoms with Crippen LogP contribution >= 0.6 is 0 Å². The van der Waals surface area contributed by atoms with Gasteiger partial charge in [0.15, 0.2) is 9.84 Å². The minimum Gasteiger partial charge on any atom is -0.326 e. The third-order valence-electron chi connectivity index (χ3n) is 8.03. The van der Waals surface area contributed by atoms with Crippen LogP contribution in [0.25, 0.3) is 0 Å². The Morgan fingerprint density at radius 2 is 1.82 bits per heavy atom. The maximum atomic E-state index is 14.5. The molecule has 38 heavy (non-hydrogen) atoms. The number of urea groups is 1. The fraction of sp³-hybridized carbons (Fsp3) is 0.321. The van der Waals surface area contributed by atoms with E-state index in [4.69, 9.17) is 4.99 Å². The van der Waals surface area contributed by atoms with Crippen LogP contribution in [0.2, 0.25) is 0 Å². The van der Waals surface area contributed by atoms with Gasteiger partial charge in [0.1, 0.15) is 24.2 Å². The summed E-state index contributed by atoms with van der Waals surface area (Å²) in [6.45, 7) is 5.84. The molecule has 0 bridgehead atoms. The molecule has 10 heteroatoms. The van der Waals surface area contributed by atoms with Gasteiger partial charge < -0.3 is 5.32 Å². The van der Waals surface area contributed by atoms with E-state index in [1.54, 1.807) is 29.2 Å². The van der Waals surface area contributed by atoms with Gasteiger partial charge in [0, 0.05) is 17.9 Å². The van der Waals surface area contributed by atoms with E-state index >= 15 is 0 Å². The molecule has 1 N–H and O–H groups in total. The van der Waals surface area contributed by atoms with Gasteiger partial charge >= 0.3 is 6.03 Å². The van der Waals surface area contributed by atoms with Crippen molar-refractivity contribution in [2.45, 2.75) is 37.8 Å². The molecule has 6 rings (SSSR count). The Labute approximate surface area is 220 Å². The Bertz CT molecular complexity index is 1610. The number of fused-ring (bicyclic) bond motifs is 2. The lowest BCUT2D eigenvalue weighted by molar-refractivity contribution is -0.122. The quantitative estimate of drug-likeness (QED) is 0.600. The van der Waals surface area contributed by atoms with Crippen molar-refractivity contribution in [3.63, 3.8) is 0 Å². The van der Waals surface area contributed by atoms with Crippen LogP contribution in [-0.4, -0.2) is 48.8 Å². The Morgan fingerprint density at radius 3 is 2.47 bits per heavy atom. The number of aliphatic imine (C=N–C) groups is 1. The lowest BCUT2D eigenvalue weighted by Gasteiger charge is -2.52. The zero-order valence-electron chi connectivity index (χ0n) is 21.4. The molecule has 1 fully saturated rings. The van der Waals surface area contributed by atoms with Gasteiger partial charge in [0.2, 0.25) is 5.91 Å². The largest absolute Gasteiger partial charge is 0.330 e. The molecule has 0 radical (unpaired) electrons. The first-order valence-electron chi connectivity index (χ1n) is 12.4. The number of amidine groups is 1. The number of halogens is 1. The molecule has 3 amide bonds. The molecule has 4 aliphatic rings. The fourth-order valence-electron chi connectivity index (χ4n) is 6.15. The smallest absolute Gasteiger partial charge is 0.326 e. The molecule has 4 unspecified atom stereocenters. The maximum absolute atomic E-state index is 14.5. The van der Waals surface area contributed by atoms with Crippen molar-refractivity contribution < 1.29 is 22.4 Å². The molecule has 1 aliphatic carbocycles. The summed E-state index contributed by atoms with van der Waals surface area (Å²) in [4.78, 5) is 35.2. The SMILES string of the molecule is CC1=CC2(C)C3=NC(c4ccc(S(C)(=O)=O)cc4)C(c4cccc(F)c4)N3C(=O)N3CC(=O)NC(=C32)C1C. The Hall–Kier alpha value is -3.79. The van der Waals surface area contributed by atoms with Gasteiger partial charge in [-0.15, -0.1) is 0 Å². The highest BCUT2D eigenvalue weighted by molar-refractivity contribution is 7.90. The normalized spacial score (nSPS) is 28.5. The molecule has 0 spiro atoms. The number of carbonyl (C=O) groups excluding carboxylic acids is 2. The second-order valence-corrected chi connectivity index (χ2v) is 12.6. The molecule has 2 aromatic rings. The van der Waals surface area contributed by atoms with Gasteiger partial charge in [-0.1, -0.05) is 42.8 Å². The van der Waals surface area contributed by atoms with E-state index in [9.17, 15) is 22.4 Å². The molecular formula is C28H27FN4O4S. The van der Waals surface area contributed by atoms with Crippen molar-refractivity contribution in [2.75, 3.05) is 12.8 Å². The van der Waals surface area contributed by atoms with Gasteiger partial charge in [-0.05, 0) is 49.2 Å². The van der Waals surface area contributed by atoms with E-state index in [1.165, 1.54) is 29.2 Å². The number of carbonyl (C=O) groups is 2. The fourth-order valence-corrected chi connectivity index (χ4v) is 6.78. The number of rotatable bonds is 3. The highest BCUT2D eigenvalue weighted by atomic mass is 32.2. The molecule has 2 aromatic carbocycles. The van der Waals surface area contributed by atoms with E-state index in [0.717, 1.165) is 11.8 Å². The Balaban J connectivity index is 1.58. The lowest BCUT2D eigenvalue weighted by Crippen LogP contribution is -2.64. The van der Waals surface area contributed by atoms with Crippen molar-refractivity contribution in [2.24, 2.45) is 16.3 Å². The van der Waals surface area contributed by atoms with Crippen molar-refractivity contribution in [1.82, 2.24) is 15.1 Å². The number of nitrogens with zero attached hydrogens (tertiary/aromatic N) is 3. The van der Waals surface area contributed by atoms with E-state index in [1.807, 2.05) is 20.8 Å². The summed E-state index contributed by atoms with van der Waals surface area (Å²) in [7, 11) is -3.41. The zero-order valence-corrected chi connectivity index (χ0v) is 22.2. The van der Waals surface area contributed by atoms with Gasteiger partial charge in [-0.2, -0.15) is 0 Å². The van der Waals surface area contributed by atoms with E-state index in [0.29, 0.717) is 28.4 Å². The first-order chi connectivity index (χ1) is 17.9.